The molecule has 1 fully saturated rings. The summed E-state index contributed by atoms with van der Waals surface area (Å²) < 4.78 is 0. The maximum atomic E-state index is 12.8. The molecule has 1 heterocycles. The number of amides is 1. The van der Waals surface area contributed by atoms with Gasteiger partial charge in [0, 0.05) is 25.2 Å². The van der Waals surface area contributed by atoms with Gasteiger partial charge in [-0.2, -0.15) is 0 Å². The Kier molecular flexibility index (Phi) is 5.60. The first kappa shape index (κ1) is 18.8. The van der Waals surface area contributed by atoms with Crippen LogP contribution < -0.4 is 10.9 Å². The quantitative estimate of drug-likeness (QED) is 0.815. The van der Waals surface area contributed by atoms with E-state index < -0.39 is 8.32 Å². The highest BCUT2D eigenvalue weighted by Crippen LogP contribution is 2.29. The molecule has 2 aromatic rings. The molecule has 0 radical (unpaired) electrons. The molecular weight excluding hydrogens is 340 g/mol. The molecule has 0 bridgehead atoms. The molecule has 5 heteroatoms. The van der Waals surface area contributed by atoms with Crippen molar-refractivity contribution in [2.24, 2.45) is 5.73 Å². The number of piperidine rings is 1. The highest BCUT2D eigenvalue weighted by Gasteiger charge is 2.25. The number of hydrogen-bond acceptors (Lipinski definition) is 3. The lowest BCUT2D eigenvalue weighted by Gasteiger charge is -2.32. The second-order valence-electron chi connectivity index (χ2n) is 7.65. The van der Waals surface area contributed by atoms with Crippen LogP contribution in [0.25, 0.3) is 0 Å². The van der Waals surface area contributed by atoms with Crippen LogP contribution >= 0.6 is 0 Å². The standard InChI is InChI=1S/C21H28N2O2Si/c1-26(2,25)20-8-6-18(7-9-20)21(24)23-12-10-17(11-13-23)19-5-3-4-16(14-19)15-22/h3-9,14,17,25H,10-13,15,22H2,1-2H3. The van der Waals surface area contributed by atoms with Crippen molar-refractivity contribution in [3.63, 3.8) is 0 Å². The zero-order chi connectivity index (χ0) is 18.7. The van der Waals surface area contributed by atoms with Crippen molar-refractivity contribution in [2.75, 3.05) is 13.1 Å². The van der Waals surface area contributed by atoms with Gasteiger partial charge in [0.15, 0.2) is 0 Å². The van der Waals surface area contributed by atoms with Gasteiger partial charge in [0.1, 0.15) is 0 Å². The van der Waals surface area contributed by atoms with Crippen molar-refractivity contribution < 1.29 is 9.59 Å². The number of nitrogens with two attached hydrogens (primary N) is 1. The predicted molar refractivity (Wildman–Crippen MR) is 108 cm³/mol. The molecule has 0 aromatic heterocycles. The molecule has 138 valence electrons. The summed E-state index contributed by atoms with van der Waals surface area (Å²) in [4.78, 5) is 24.9. The highest BCUT2D eigenvalue weighted by atomic mass is 28.4. The first-order valence-corrected chi connectivity index (χ1v) is 12.2. The topological polar surface area (TPSA) is 66.6 Å². The molecule has 4 nitrogen and oxygen atoms in total. The SMILES string of the molecule is C[Si](C)(O)c1ccc(C(=O)N2CCC(c3cccc(CN)c3)CC2)cc1. The Morgan fingerprint density at radius 1 is 1.15 bits per heavy atom. The maximum absolute atomic E-state index is 12.8. The number of carbonyl (C=O) groups excluding carboxylic acids is 1. The molecule has 3 rings (SSSR count). The number of rotatable bonds is 4. The van der Waals surface area contributed by atoms with Crippen molar-refractivity contribution in [3.05, 3.63) is 65.2 Å². The van der Waals surface area contributed by atoms with Crippen LogP contribution in [-0.2, 0) is 6.54 Å². The van der Waals surface area contributed by atoms with Gasteiger partial charge < -0.3 is 15.4 Å². The fourth-order valence-electron chi connectivity index (χ4n) is 3.59. The number of hydrogen-bond donors (Lipinski definition) is 2. The van der Waals surface area contributed by atoms with E-state index >= 15 is 0 Å². The Morgan fingerprint density at radius 3 is 2.38 bits per heavy atom. The molecule has 0 saturated carbocycles. The van der Waals surface area contributed by atoms with Crippen LogP contribution in [0.1, 0.15) is 40.2 Å². The second-order valence-corrected chi connectivity index (χ2v) is 11.3. The first-order valence-electron chi connectivity index (χ1n) is 9.29. The lowest BCUT2D eigenvalue weighted by molar-refractivity contribution is 0.0713. The molecule has 26 heavy (non-hydrogen) atoms. The molecule has 2 aromatic carbocycles. The average Bonchev–Trinajstić information content (AvgIpc) is 2.67. The molecule has 0 unspecified atom stereocenters. The minimum Gasteiger partial charge on any atom is -0.428 e. The Morgan fingerprint density at radius 2 is 1.81 bits per heavy atom. The summed E-state index contributed by atoms with van der Waals surface area (Å²) in [7, 11) is -2.32. The minimum absolute atomic E-state index is 0.0862. The highest BCUT2D eigenvalue weighted by molar-refractivity contribution is 6.83. The lowest BCUT2D eigenvalue weighted by Crippen LogP contribution is -2.41. The summed E-state index contributed by atoms with van der Waals surface area (Å²) in [5.41, 5.74) is 8.95. The summed E-state index contributed by atoms with van der Waals surface area (Å²) in [5.74, 6) is 0.581. The van der Waals surface area contributed by atoms with Gasteiger partial charge in [-0.15, -0.1) is 0 Å². The fourth-order valence-corrected chi connectivity index (χ4v) is 4.58. The van der Waals surface area contributed by atoms with E-state index in [0.717, 1.165) is 36.7 Å². The molecule has 1 aliphatic heterocycles. The average molecular weight is 369 g/mol. The predicted octanol–water partition coefficient (Wildman–Crippen LogP) is 2.57. The van der Waals surface area contributed by atoms with Crippen molar-refractivity contribution in [2.45, 2.75) is 38.4 Å². The third-order valence-electron chi connectivity index (χ3n) is 5.28. The third kappa shape index (κ3) is 4.23. The van der Waals surface area contributed by atoms with E-state index in [0.29, 0.717) is 18.0 Å². The van der Waals surface area contributed by atoms with Crippen LogP contribution in [0.4, 0.5) is 0 Å². The van der Waals surface area contributed by atoms with Gasteiger partial charge in [-0.3, -0.25) is 4.79 Å². The number of nitrogens with zero attached hydrogens (tertiary/aromatic N) is 1. The fraction of sp³-hybridized carbons (Fsp3) is 0.381. The van der Waals surface area contributed by atoms with Crippen molar-refractivity contribution >= 4 is 19.4 Å². The van der Waals surface area contributed by atoms with Crippen LogP contribution in [-0.4, -0.2) is 37.0 Å². The number of likely N-dealkylation sites (tertiary alicyclic amines) is 1. The summed E-state index contributed by atoms with van der Waals surface area (Å²) >= 11 is 0. The normalized spacial score (nSPS) is 15.9. The number of benzene rings is 2. The summed E-state index contributed by atoms with van der Waals surface area (Å²) in [6.45, 7) is 5.88. The minimum atomic E-state index is -2.32. The van der Waals surface area contributed by atoms with E-state index in [1.807, 2.05) is 42.3 Å². The van der Waals surface area contributed by atoms with Gasteiger partial charge in [0.05, 0.1) is 0 Å². The van der Waals surface area contributed by atoms with Crippen molar-refractivity contribution in [1.29, 1.82) is 0 Å². The molecule has 1 aliphatic rings. The zero-order valence-electron chi connectivity index (χ0n) is 15.6. The monoisotopic (exact) mass is 368 g/mol. The largest absolute Gasteiger partial charge is 0.428 e. The Balaban J connectivity index is 1.63. The van der Waals surface area contributed by atoms with E-state index in [-0.39, 0.29) is 5.91 Å². The van der Waals surface area contributed by atoms with Gasteiger partial charge in [-0.25, -0.2) is 0 Å². The Bertz CT molecular complexity index is 760. The van der Waals surface area contributed by atoms with E-state index in [1.165, 1.54) is 5.56 Å². The second kappa shape index (κ2) is 7.74. The number of carbonyl (C=O) groups is 1. The Hall–Kier alpha value is -1.95. The Labute approximate surface area is 156 Å². The van der Waals surface area contributed by atoms with Crippen molar-refractivity contribution in [1.82, 2.24) is 4.90 Å². The van der Waals surface area contributed by atoms with Crippen LogP contribution in [0.15, 0.2) is 48.5 Å². The van der Waals surface area contributed by atoms with Crippen LogP contribution in [0.5, 0.6) is 0 Å². The summed E-state index contributed by atoms with van der Waals surface area (Å²) in [5, 5.41) is 0.951. The summed E-state index contributed by atoms with van der Waals surface area (Å²) in [6.07, 6.45) is 1.96. The van der Waals surface area contributed by atoms with Gasteiger partial charge in [0.25, 0.3) is 5.91 Å². The van der Waals surface area contributed by atoms with E-state index in [4.69, 9.17) is 5.73 Å². The lowest BCUT2D eigenvalue weighted by atomic mass is 9.88. The van der Waals surface area contributed by atoms with Gasteiger partial charge in [0.2, 0.25) is 8.32 Å². The zero-order valence-corrected chi connectivity index (χ0v) is 16.6. The first-order chi connectivity index (χ1) is 12.4. The molecule has 1 amide bonds. The van der Waals surface area contributed by atoms with Gasteiger partial charge in [-0.05, 0) is 60.3 Å². The van der Waals surface area contributed by atoms with Gasteiger partial charge in [-0.1, -0.05) is 36.4 Å². The van der Waals surface area contributed by atoms with E-state index in [1.54, 1.807) is 0 Å². The molecular formula is C21H28N2O2Si. The van der Waals surface area contributed by atoms with Crippen molar-refractivity contribution in [3.8, 4) is 0 Å². The maximum Gasteiger partial charge on any atom is 0.253 e. The smallest absolute Gasteiger partial charge is 0.253 e. The molecule has 1 saturated heterocycles. The van der Waals surface area contributed by atoms with Crippen LogP contribution in [0.3, 0.4) is 0 Å². The summed E-state index contributed by atoms with van der Waals surface area (Å²) in [6, 6.07) is 16.0. The molecule has 0 spiro atoms. The van der Waals surface area contributed by atoms with Gasteiger partial charge >= 0.3 is 0 Å². The third-order valence-corrected chi connectivity index (χ3v) is 7.02. The van der Waals surface area contributed by atoms with E-state index in [2.05, 4.69) is 24.3 Å². The molecule has 3 N–H and O–H groups in total. The van der Waals surface area contributed by atoms with E-state index in [9.17, 15) is 9.59 Å². The van der Waals surface area contributed by atoms with Crippen LogP contribution in [0, 0.1) is 0 Å². The van der Waals surface area contributed by atoms with Crippen LogP contribution in [0.2, 0.25) is 13.1 Å². The molecule has 0 aliphatic carbocycles. The molecule has 0 atom stereocenters.